The number of primary amides is 1. The molecule has 5 nitrogen and oxygen atoms in total. The number of fused-ring (bicyclic) bond motifs is 4. The number of aryl methyl sites for hydroxylation is 2. The fourth-order valence-corrected chi connectivity index (χ4v) is 4.59. The van der Waals surface area contributed by atoms with Gasteiger partial charge < -0.3 is 16.0 Å². The molecule has 0 spiro atoms. The van der Waals surface area contributed by atoms with Gasteiger partial charge in [0, 0.05) is 29.4 Å². The molecule has 1 aliphatic heterocycles. The molecule has 0 saturated heterocycles. The van der Waals surface area contributed by atoms with Gasteiger partial charge in [-0.3, -0.25) is 4.79 Å². The lowest BCUT2D eigenvalue weighted by molar-refractivity contribution is 0.0997. The molecule has 3 heterocycles. The number of nitrogens with two attached hydrogens (primary N) is 1. The number of nitrogens with zero attached hydrogens (tertiary/aromatic N) is 1. The predicted octanol–water partition coefficient (Wildman–Crippen LogP) is 3.28. The first kappa shape index (κ1) is 18.0. The van der Waals surface area contributed by atoms with Crippen molar-refractivity contribution in [2.75, 3.05) is 6.54 Å². The normalized spacial score (nSPS) is 15.7. The summed E-state index contributed by atoms with van der Waals surface area (Å²) in [4.78, 5) is 19.9. The van der Waals surface area contributed by atoms with Gasteiger partial charge in [-0.05, 0) is 60.9 Å². The van der Waals surface area contributed by atoms with E-state index >= 15 is 0 Å². The standard InChI is InChI=1S/C21H22N4O.ClH/c22-21(26)20-19-18(15-5-1-2-7-17(15)25-19)16(11-24-20)14-6-3-4-12-10-23-9-8-13(12)14;/h3-4,6,11,23,25H,1-2,5,7-10H2,(H2,22,26);1H. The van der Waals surface area contributed by atoms with Gasteiger partial charge in [-0.15, -0.1) is 12.4 Å². The average molecular weight is 383 g/mol. The number of amides is 1. The van der Waals surface area contributed by atoms with Crippen molar-refractivity contribution >= 4 is 29.2 Å². The molecule has 5 rings (SSSR count). The van der Waals surface area contributed by atoms with Gasteiger partial charge in [-0.25, -0.2) is 4.98 Å². The van der Waals surface area contributed by atoms with E-state index in [-0.39, 0.29) is 12.4 Å². The minimum absolute atomic E-state index is 0. The fraction of sp³-hybridized carbons (Fsp3) is 0.333. The molecule has 0 fully saturated rings. The molecular formula is C21H23ClN4O. The topological polar surface area (TPSA) is 83.8 Å². The maximum atomic E-state index is 11.9. The zero-order valence-corrected chi connectivity index (χ0v) is 15.9. The number of halogens is 1. The van der Waals surface area contributed by atoms with E-state index in [1.54, 1.807) is 0 Å². The molecule has 2 aliphatic rings. The molecule has 2 aromatic heterocycles. The highest BCUT2D eigenvalue weighted by molar-refractivity contribution is 6.09. The van der Waals surface area contributed by atoms with E-state index < -0.39 is 5.91 Å². The zero-order chi connectivity index (χ0) is 17.7. The van der Waals surface area contributed by atoms with Crippen LogP contribution in [0, 0.1) is 0 Å². The molecule has 4 N–H and O–H groups in total. The number of carbonyl (C=O) groups is 1. The fourth-order valence-electron chi connectivity index (χ4n) is 4.59. The summed E-state index contributed by atoms with van der Waals surface area (Å²) in [6, 6.07) is 6.50. The summed E-state index contributed by atoms with van der Waals surface area (Å²) < 4.78 is 0. The van der Waals surface area contributed by atoms with Gasteiger partial charge in [-0.2, -0.15) is 0 Å². The van der Waals surface area contributed by atoms with Gasteiger partial charge in [0.2, 0.25) is 0 Å². The molecule has 1 aromatic carbocycles. The highest BCUT2D eigenvalue weighted by atomic mass is 35.5. The third-order valence-electron chi connectivity index (χ3n) is 5.79. The molecule has 1 amide bonds. The Bertz CT molecular complexity index is 1040. The second-order valence-electron chi connectivity index (χ2n) is 7.29. The Hall–Kier alpha value is -2.37. The summed E-state index contributed by atoms with van der Waals surface area (Å²) in [5.74, 6) is -0.473. The van der Waals surface area contributed by atoms with Crippen LogP contribution in [-0.2, 0) is 25.8 Å². The van der Waals surface area contributed by atoms with Crippen molar-refractivity contribution < 1.29 is 4.79 Å². The first-order chi connectivity index (χ1) is 12.7. The number of benzene rings is 1. The smallest absolute Gasteiger partial charge is 0.269 e. The van der Waals surface area contributed by atoms with Gasteiger partial charge in [-0.1, -0.05) is 18.2 Å². The van der Waals surface area contributed by atoms with Crippen LogP contribution in [0.5, 0.6) is 0 Å². The number of hydrogen-bond acceptors (Lipinski definition) is 3. The summed E-state index contributed by atoms with van der Waals surface area (Å²) in [5, 5.41) is 4.59. The third-order valence-corrected chi connectivity index (χ3v) is 5.79. The van der Waals surface area contributed by atoms with Crippen molar-refractivity contribution in [2.45, 2.75) is 38.6 Å². The molecule has 0 unspecified atom stereocenters. The number of H-pyrrole nitrogens is 1. The minimum atomic E-state index is -0.473. The molecule has 3 aromatic rings. The summed E-state index contributed by atoms with van der Waals surface area (Å²) in [6.07, 6.45) is 7.30. The van der Waals surface area contributed by atoms with E-state index in [1.165, 1.54) is 40.8 Å². The Morgan fingerprint density at radius 2 is 1.93 bits per heavy atom. The second-order valence-corrected chi connectivity index (χ2v) is 7.29. The molecule has 0 radical (unpaired) electrons. The highest BCUT2D eigenvalue weighted by Gasteiger charge is 2.24. The molecule has 0 atom stereocenters. The van der Waals surface area contributed by atoms with Crippen LogP contribution >= 0.6 is 12.4 Å². The van der Waals surface area contributed by atoms with Gasteiger partial charge in [0.05, 0.1) is 5.52 Å². The second kappa shape index (κ2) is 6.98. The Morgan fingerprint density at radius 1 is 1.07 bits per heavy atom. The molecule has 0 bridgehead atoms. The number of rotatable bonds is 2. The van der Waals surface area contributed by atoms with Crippen LogP contribution in [0.15, 0.2) is 24.4 Å². The van der Waals surface area contributed by atoms with Crippen molar-refractivity contribution in [3.05, 3.63) is 52.5 Å². The first-order valence-electron chi connectivity index (χ1n) is 9.38. The Kier molecular flexibility index (Phi) is 4.66. The van der Waals surface area contributed by atoms with Crippen molar-refractivity contribution in [3.63, 3.8) is 0 Å². The van der Waals surface area contributed by atoms with Gasteiger partial charge in [0.15, 0.2) is 5.69 Å². The third kappa shape index (κ3) is 2.82. The predicted molar refractivity (Wildman–Crippen MR) is 109 cm³/mol. The minimum Gasteiger partial charge on any atom is -0.364 e. The van der Waals surface area contributed by atoms with Crippen LogP contribution in [0.1, 0.15) is 45.7 Å². The molecule has 0 saturated carbocycles. The Balaban J connectivity index is 0.00000180. The van der Waals surface area contributed by atoms with Crippen LogP contribution in [0.4, 0.5) is 0 Å². The first-order valence-corrected chi connectivity index (χ1v) is 9.38. The number of nitrogens with one attached hydrogen (secondary N) is 2. The molecule has 27 heavy (non-hydrogen) atoms. The lowest BCUT2D eigenvalue weighted by atomic mass is 9.88. The zero-order valence-electron chi connectivity index (χ0n) is 15.1. The van der Waals surface area contributed by atoms with E-state index in [9.17, 15) is 4.79 Å². The largest absolute Gasteiger partial charge is 0.364 e. The maximum absolute atomic E-state index is 11.9. The molecule has 140 valence electrons. The molecular weight excluding hydrogens is 360 g/mol. The van der Waals surface area contributed by atoms with Crippen LogP contribution in [0.3, 0.4) is 0 Å². The molecule has 1 aliphatic carbocycles. The van der Waals surface area contributed by atoms with E-state index in [0.717, 1.165) is 48.8 Å². The Morgan fingerprint density at radius 3 is 2.78 bits per heavy atom. The quantitative estimate of drug-likeness (QED) is 0.636. The summed E-state index contributed by atoms with van der Waals surface area (Å²) in [5.41, 5.74) is 14.5. The van der Waals surface area contributed by atoms with Gasteiger partial charge >= 0.3 is 0 Å². The number of carbonyl (C=O) groups excluding carboxylic acids is 1. The summed E-state index contributed by atoms with van der Waals surface area (Å²) >= 11 is 0. The van der Waals surface area contributed by atoms with Crippen LogP contribution in [0.25, 0.3) is 22.0 Å². The summed E-state index contributed by atoms with van der Waals surface area (Å²) in [6.45, 7) is 1.90. The number of aromatic nitrogens is 2. The summed E-state index contributed by atoms with van der Waals surface area (Å²) in [7, 11) is 0. The number of aromatic amines is 1. The van der Waals surface area contributed by atoms with Crippen molar-refractivity contribution in [1.82, 2.24) is 15.3 Å². The maximum Gasteiger partial charge on any atom is 0.269 e. The van der Waals surface area contributed by atoms with Crippen molar-refractivity contribution in [3.8, 4) is 11.1 Å². The van der Waals surface area contributed by atoms with Gasteiger partial charge in [0.1, 0.15) is 0 Å². The highest BCUT2D eigenvalue weighted by Crippen LogP contribution is 2.39. The molecule has 6 heteroatoms. The average Bonchev–Trinajstić information content (AvgIpc) is 3.06. The lowest BCUT2D eigenvalue weighted by Gasteiger charge is -2.21. The van der Waals surface area contributed by atoms with Crippen LogP contribution in [0.2, 0.25) is 0 Å². The number of pyridine rings is 1. The van der Waals surface area contributed by atoms with Crippen LogP contribution < -0.4 is 11.1 Å². The van der Waals surface area contributed by atoms with E-state index in [2.05, 4.69) is 33.5 Å². The van der Waals surface area contributed by atoms with E-state index in [0.29, 0.717) is 5.69 Å². The van der Waals surface area contributed by atoms with Crippen LogP contribution in [-0.4, -0.2) is 22.4 Å². The number of hydrogen-bond donors (Lipinski definition) is 3. The van der Waals surface area contributed by atoms with E-state index in [4.69, 9.17) is 5.73 Å². The lowest BCUT2D eigenvalue weighted by Crippen LogP contribution is -2.24. The van der Waals surface area contributed by atoms with E-state index in [1.807, 2.05) is 6.20 Å². The monoisotopic (exact) mass is 382 g/mol. The SMILES string of the molecule is Cl.NC(=O)c1ncc(-c2cccc3c2CCNC3)c2c3c([nH]c12)CCCC3. The van der Waals surface area contributed by atoms with Crippen molar-refractivity contribution in [2.24, 2.45) is 5.73 Å². The Labute approximate surface area is 164 Å². The van der Waals surface area contributed by atoms with Crippen molar-refractivity contribution in [1.29, 1.82) is 0 Å². The van der Waals surface area contributed by atoms with Gasteiger partial charge in [0.25, 0.3) is 5.91 Å².